The maximum absolute atomic E-state index is 6.61. The molecule has 0 aromatic rings. The van der Waals surface area contributed by atoms with Crippen molar-refractivity contribution in [2.75, 3.05) is 0 Å². The van der Waals surface area contributed by atoms with Gasteiger partial charge in [0, 0.05) is 6.42 Å². The smallest absolute Gasteiger partial charge is 0.250 e. The van der Waals surface area contributed by atoms with Crippen molar-refractivity contribution in [2.45, 2.75) is 78.9 Å². The first kappa shape index (κ1) is 15.8. The first-order valence-corrected chi connectivity index (χ1v) is 10.4. The summed E-state index contributed by atoms with van der Waals surface area (Å²) in [6.45, 7) is 18.6. The van der Waals surface area contributed by atoms with E-state index in [9.17, 15) is 0 Å². The van der Waals surface area contributed by atoms with Gasteiger partial charge in [0.1, 0.15) is 0 Å². The van der Waals surface area contributed by atoms with E-state index < -0.39 is 8.32 Å². The molecule has 106 valence electrons. The Labute approximate surface area is 115 Å². The zero-order valence-electron chi connectivity index (χ0n) is 13.7. The summed E-state index contributed by atoms with van der Waals surface area (Å²) in [5, 5.41) is 0.294. The lowest BCUT2D eigenvalue weighted by molar-refractivity contribution is 0.305. The largest absolute Gasteiger partial charge is 0.547 e. The standard InChI is InChI=1S/C16H32OSi/c1-12(2)14-10-9-13(3)11-15(14)17-18(7,8)16(4,5)6/h12-13H,9-11H2,1-8H3/t13-/m1/s1. The molecule has 1 aliphatic carbocycles. The zero-order valence-corrected chi connectivity index (χ0v) is 14.7. The van der Waals surface area contributed by atoms with Crippen LogP contribution >= 0.6 is 0 Å². The quantitative estimate of drug-likeness (QED) is 0.593. The maximum atomic E-state index is 6.61. The van der Waals surface area contributed by atoms with Crippen LogP contribution in [0.2, 0.25) is 18.1 Å². The summed E-state index contributed by atoms with van der Waals surface area (Å²) in [4.78, 5) is 0. The Kier molecular flexibility index (Phi) is 4.74. The molecule has 0 aliphatic heterocycles. The number of rotatable bonds is 3. The second-order valence-electron chi connectivity index (χ2n) is 7.81. The van der Waals surface area contributed by atoms with Gasteiger partial charge in [0.25, 0.3) is 0 Å². The van der Waals surface area contributed by atoms with Crippen LogP contribution in [0.25, 0.3) is 0 Å². The molecule has 0 spiro atoms. The van der Waals surface area contributed by atoms with Gasteiger partial charge in [0.15, 0.2) is 0 Å². The molecular formula is C16H32OSi. The molecule has 0 radical (unpaired) electrons. The van der Waals surface area contributed by atoms with Gasteiger partial charge in [-0.05, 0) is 48.4 Å². The Morgan fingerprint density at radius 1 is 1.22 bits per heavy atom. The lowest BCUT2D eigenvalue weighted by Crippen LogP contribution is -2.41. The predicted octanol–water partition coefficient (Wildman–Crippen LogP) is 5.74. The van der Waals surface area contributed by atoms with E-state index in [1.165, 1.54) is 18.6 Å². The van der Waals surface area contributed by atoms with Crippen LogP contribution in [0.3, 0.4) is 0 Å². The van der Waals surface area contributed by atoms with Crippen LogP contribution in [0, 0.1) is 11.8 Å². The van der Waals surface area contributed by atoms with Crippen LogP contribution in [0.5, 0.6) is 0 Å². The molecular weight excluding hydrogens is 236 g/mol. The van der Waals surface area contributed by atoms with Gasteiger partial charge in [-0.2, -0.15) is 0 Å². The first-order valence-electron chi connectivity index (χ1n) is 7.45. The van der Waals surface area contributed by atoms with Crippen LogP contribution in [0.1, 0.15) is 60.8 Å². The van der Waals surface area contributed by atoms with Crippen molar-refractivity contribution in [3.8, 4) is 0 Å². The van der Waals surface area contributed by atoms with Gasteiger partial charge in [-0.1, -0.05) is 41.5 Å². The van der Waals surface area contributed by atoms with Crippen molar-refractivity contribution in [3.05, 3.63) is 11.3 Å². The molecule has 0 aromatic heterocycles. The topological polar surface area (TPSA) is 9.23 Å². The van der Waals surface area contributed by atoms with Crippen molar-refractivity contribution >= 4 is 8.32 Å². The Morgan fingerprint density at radius 2 is 1.78 bits per heavy atom. The highest BCUT2D eigenvalue weighted by molar-refractivity contribution is 6.74. The number of allylic oxidation sites excluding steroid dienone is 2. The number of hydrogen-bond donors (Lipinski definition) is 0. The summed E-state index contributed by atoms with van der Waals surface area (Å²) in [6.07, 6.45) is 3.72. The summed E-state index contributed by atoms with van der Waals surface area (Å²) in [5.74, 6) is 2.76. The third-order valence-electron chi connectivity index (χ3n) is 4.68. The molecule has 1 aliphatic rings. The monoisotopic (exact) mass is 268 g/mol. The molecule has 0 N–H and O–H groups in total. The highest BCUT2D eigenvalue weighted by Gasteiger charge is 2.40. The molecule has 1 rings (SSSR count). The van der Waals surface area contributed by atoms with E-state index in [1.54, 1.807) is 5.57 Å². The second-order valence-corrected chi connectivity index (χ2v) is 12.5. The van der Waals surface area contributed by atoms with Crippen molar-refractivity contribution in [3.63, 3.8) is 0 Å². The summed E-state index contributed by atoms with van der Waals surface area (Å²) < 4.78 is 6.61. The van der Waals surface area contributed by atoms with Crippen LogP contribution in [0.4, 0.5) is 0 Å². The predicted molar refractivity (Wildman–Crippen MR) is 83.2 cm³/mol. The molecule has 0 saturated heterocycles. The lowest BCUT2D eigenvalue weighted by Gasteiger charge is -2.40. The third-order valence-corrected chi connectivity index (χ3v) is 9.05. The normalized spacial score (nSPS) is 22.6. The molecule has 0 heterocycles. The Bertz CT molecular complexity index is 320. The molecule has 0 saturated carbocycles. The molecule has 0 aromatic carbocycles. The van der Waals surface area contributed by atoms with Crippen molar-refractivity contribution in [1.82, 2.24) is 0 Å². The van der Waals surface area contributed by atoms with Gasteiger partial charge in [-0.3, -0.25) is 0 Å². The van der Waals surface area contributed by atoms with Crippen molar-refractivity contribution in [2.24, 2.45) is 11.8 Å². The van der Waals surface area contributed by atoms with E-state index in [0.717, 1.165) is 12.3 Å². The van der Waals surface area contributed by atoms with Crippen LogP contribution in [-0.4, -0.2) is 8.32 Å². The molecule has 0 unspecified atom stereocenters. The van der Waals surface area contributed by atoms with E-state index in [1.807, 2.05) is 0 Å². The molecule has 2 heteroatoms. The molecule has 1 nitrogen and oxygen atoms in total. The van der Waals surface area contributed by atoms with Crippen LogP contribution in [-0.2, 0) is 4.43 Å². The van der Waals surface area contributed by atoms with Gasteiger partial charge in [0.2, 0.25) is 8.32 Å². The van der Waals surface area contributed by atoms with Gasteiger partial charge in [0.05, 0.1) is 5.76 Å². The number of hydrogen-bond acceptors (Lipinski definition) is 1. The highest BCUT2D eigenvalue weighted by atomic mass is 28.4. The average Bonchev–Trinajstić information content (AvgIpc) is 2.14. The van der Waals surface area contributed by atoms with Crippen LogP contribution < -0.4 is 0 Å². The van der Waals surface area contributed by atoms with Gasteiger partial charge in [-0.25, -0.2) is 0 Å². The first-order chi connectivity index (χ1) is 8.04. The van der Waals surface area contributed by atoms with Crippen molar-refractivity contribution in [1.29, 1.82) is 0 Å². The van der Waals surface area contributed by atoms with E-state index in [-0.39, 0.29) is 0 Å². The van der Waals surface area contributed by atoms with Gasteiger partial charge < -0.3 is 4.43 Å². The minimum Gasteiger partial charge on any atom is -0.547 e. The van der Waals surface area contributed by atoms with Crippen molar-refractivity contribution < 1.29 is 4.43 Å². The molecule has 0 bridgehead atoms. The van der Waals surface area contributed by atoms with Gasteiger partial charge in [-0.15, -0.1) is 0 Å². The van der Waals surface area contributed by atoms with E-state index >= 15 is 0 Å². The summed E-state index contributed by atoms with van der Waals surface area (Å²) in [7, 11) is -1.67. The fourth-order valence-electron chi connectivity index (χ4n) is 2.27. The molecule has 18 heavy (non-hydrogen) atoms. The van der Waals surface area contributed by atoms with E-state index in [4.69, 9.17) is 4.43 Å². The Balaban J connectivity index is 2.97. The van der Waals surface area contributed by atoms with Crippen LogP contribution in [0.15, 0.2) is 11.3 Å². The maximum Gasteiger partial charge on any atom is 0.250 e. The Morgan fingerprint density at radius 3 is 2.22 bits per heavy atom. The fourth-order valence-corrected chi connectivity index (χ4v) is 3.41. The summed E-state index contributed by atoms with van der Waals surface area (Å²) in [5.41, 5.74) is 1.58. The summed E-state index contributed by atoms with van der Waals surface area (Å²) >= 11 is 0. The molecule has 1 atom stereocenters. The Hall–Kier alpha value is -0.243. The highest BCUT2D eigenvalue weighted by Crippen LogP contribution is 2.42. The molecule has 0 amide bonds. The SMILES string of the molecule is CC(C)C1=C(O[Si](C)(C)C(C)(C)C)C[C@H](C)CC1. The molecule has 0 fully saturated rings. The minimum absolute atomic E-state index is 0.294. The summed E-state index contributed by atoms with van der Waals surface area (Å²) in [6, 6.07) is 0. The lowest BCUT2D eigenvalue weighted by atomic mass is 9.85. The average molecular weight is 269 g/mol. The fraction of sp³-hybridized carbons (Fsp3) is 0.875. The zero-order chi connectivity index (χ0) is 14.1. The minimum atomic E-state index is -1.67. The van der Waals surface area contributed by atoms with E-state index in [0.29, 0.717) is 11.0 Å². The van der Waals surface area contributed by atoms with E-state index in [2.05, 4.69) is 54.6 Å². The second kappa shape index (κ2) is 5.40. The van der Waals surface area contributed by atoms with Gasteiger partial charge >= 0.3 is 0 Å². The third kappa shape index (κ3) is 3.63.